The maximum absolute atomic E-state index is 5.46. The van der Waals surface area contributed by atoms with Gasteiger partial charge >= 0.3 is 0 Å². The van der Waals surface area contributed by atoms with Crippen molar-refractivity contribution in [1.82, 2.24) is 15.2 Å². The van der Waals surface area contributed by atoms with Crippen molar-refractivity contribution in [2.45, 2.75) is 26.3 Å². The van der Waals surface area contributed by atoms with Crippen molar-refractivity contribution in [2.75, 3.05) is 40.4 Å². The topological polar surface area (TPSA) is 46.6 Å². The highest BCUT2D eigenvalue weighted by Crippen LogP contribution is 2.30. The second kappa shape index (κ2) is 8.20. The molecule has 0 aliphatic carbocycles. The summed E-state index contributed by atoms with van der Waals surface area (Å²) in [6, 6.07) is 1.84. The Hall–Kier alpha value is -1.33. The van der Waals surface area contributed by atoms with Crippen LogP contribution in [-0.4, -0.2) is 50.3 Å². The molecule has 0 saturated carbocycles. The summed E-state index contributed by atoms with van der Waals surface area (Å²) in [6.45, 7) is 7.44. The van der Waals surface area contributed by atoms with Crippen molar-refractivity contribution in [3.8, 4) is 11.5 Å². The lowest BCUT2D eigenvalue weighted by atomic mass is 9.96. The Balaban J connectivity index is 1.91. The van der Waals surface area contributed by atoms with Gasteiger partial charge < -0.3 is 14.8 Å². The quantitative estimate of drug-likeness (QED) is 0.832. The van der Waals surface area contributed by atoms with Gasteiger partial charge in [-0.05, 0) is 44.9 Å². The van der Waals surface area contributed by atoms with Gasteiger partial charge in [-0.2, -0.15) is 0 Å². The van der Waals surface area contributed by atoms with Crippen molar-refractivity contribution in [1.29, 1.82) is 0 Å². The molecule has 1 N–H and O–H groups in total. The Morgan fingerprint density at radius 3 is 2.67 bits per heavy atom. The minimum absolute atomic E-state index is 0.754. The predicted octanol–water partition coefficient (Wildman–Crippen LogP) is 1.92. The van der Waals surface area contributed by atoms with Crippen molar-refractivity contribution < 1.29 is 9.47 Å². The monoisotopic (exact) mass is 293 g/mol. The summed E-state index contributed by atoms with van der Waals surface area (Å²) in [5, 5.41) is 3.45. The van der Waals surface area contributed by atoms with Crippen LogP contribution in [0.3, 0.4) is 0 Å². The third-order valence-corrected chi connectivity index (χ3v) is 4.13. The molecule has 2 rings (SSSR count). The number of ether oxygens (including phenoxy) is 2. The van der Waals surface area contributed by atoms with Gasteiger partial charge in [-0.3, -0.25) is 9.88 Å². The van der Waals surface area contributed by atoms with Crippen LogP contribution in [0.4, 0.5) is 0 Å². The van der Waals surface area contributed by atoms with Crippen LogP contribution in [0.15, 0.2) is 12.3 Å². The van der Waals surface area contributed by atoms with E-state index in [2.05, 4.69) is 22.1 Å². The number of hydrogen-bond donors (Lipinski definition) is 1. The van der Waals surface area contributed by atoms with Crippen LogP contribution < -0.4 is 14.8 Å². The highest BCUT2D eigenvalue weighted by atomic mass is 16.5. The van der Waals surface area contributed by atoms with Gasteiger partial charge in [0.25, 0.3) is 0 Å². The first-order valence-electron chi connectivity index (χ1n) is 7.77. The van der Waals surface area contributed by atoms with E-state index in [1.807, 2.05) is 6.07 Å². The third kappa shape index (κ3) is 4.32. The summed E-state index contributed by atoms with van der Waals surface area (Å²) >= 11 is 0. The SMILES string of the molecule is CCNCC1CCN(Cc2nccc(OC)c2OC)CC1. The molecule has 0 bridgehead atoms. The lowest BCUT2D eigenvalue weighted by Gasteiger charge is -2.32. The fourth-order valence-electron chi connectivity index (χ4n) is 2.87. The van der Waals surface area contributed by atoms with Gasteiger partial charge in [-0.25, -0.2) is 0 Å². The molecule has 1 fully saturated rings. The van der Waals surface area contributed by atoms with E-state index in [4.69, 9.17) is 9.47 Å². The number of piperidine rings is 1. The summed E-state index contributed by atoms with van der Waals surface area (Å²) in [5.41, 5.74) is 0.960. The summed E-state index contributed by atoms with van der Waals surface area (Å²) < 4.78 is 10.8. The number of nitrogens with zero attached hydrogens (tertiary/aromatic N) is 2. The molecule has 1 aromatic rings. The largest absolute Gasteiger partial charge is 0.493 e. The van der Waals surface area contributed by atoms with Gasteiger partial charge in [0.15, 0.2) is 11.5 Å². The van der Waals surface area contributed by atoms with E-state index in [0.717, 1.165) is 55.8 Å². The molecule has 1 aliphatic rings. The zero-order chi connectivity index (χ0) is 15.1. The van der Waals surface area contributed by atoms with Crippen LogP contribution in [0.1, 0.15) is 25.5 Å². The van der Waals surface area contributed by atoms with Crippen LogP contribution >= 0.6 is 0 Å². The van der Waals surface area contributed by atoms with E-state index in [0.29, 0.717) is 0 Å². The molecule has 118 valence electrons. The van der Waals surface area contributed by atoms with Gasteiger partial charge in [0.05, 0.1) is 14.2 Å². The molecule has 0 spiro atoms. The normalized spacial score (nSPS) is 16.9. The molecular formula is C16H27N3O2. The van der Waals surface area contributed by atoms with E-state index in [1.165, 1.54) is 12.8 Å². The number of rotatable bonds is 7. The molecule has 1 aliphatic heterocycles. The standard InChI is InChI=1S/C16H27N3O2/c1-4-17-11-13-6-9-19(10-7-13)12-14-16(21-3)15(20-2)5-8-18-14/h5,8,13,17H,4,6-7,9-12H2,1-3H3. The smallest absolute Gasteiger partial charge is 0.183 e. The van der Waals surface area contributed by atoms with Gasteiger partial charge in [0.1, 0.15) is 5.69 Å². The molecule has 2 heterocycles. The number of nitrogens with one attached hydrogen (secondary N) is 1. The van der Waals surface area contributed by atoms with E-state index in [1.54, 1.807) is 20.4 Å². The highest BCUT2D eigenvalue weighted by molar-refractivity contribution is 5.42. The second-order valence-electron chi connectivity index (χ2n) is 5.52. The second-order valence-corrected chi connectivity index (χ2v) is 5.52. The Morgan fingerprint density at radius 2 is 2.05 bits per heavy atom. The van der Waals surface area contributed by atoms with Crippen molar-refractivity contribution in [2.24, 2.45) is 5.92 Å². The van der Waals surface area contributed by atoms with Crippen molar-refractivity contribution in [3.63, 3.8) is 0 Å². The van der Waals surface area contributed by atoms with E-state index >= 15 is 0 Å². The number of likely N-dealkylation sites (tertiary alicyclic amines) is 1. The van der Waals surface area contributed by atoms with Crippen LogP contribution in [-0.2, 0) is 6.54 Å². The zero-order valence-electron chi connectivity index (χ0n) is 13.4. The summed E-state index contributed by atoms with van der Waals surface area (Å²) in [5.74, 6) is 2.32. The Kier molecular flexibility index (Phi) is 6.26. The zero-order valence-corrected chi connectivity index (χ0v) is 13.4. The van der Waals surface area contributed by atoms with E-state index in [9.17, 15) is 0 Å². The Morgan fingerprint density at radius 1 is 1.29 bits per heavy atom. The number of aromatic nitrogens is 1. The van der Waals surface area contributed by atoms with Crippen LogP contribution in [0.25, 0.3) is 0 Å². The molecule has 5 heteroatoms. The minimum atomic E-state index is 0.754. The van der Waals surface area contributed by atoms with Crippen LogP contribution in [0.5, 0.6) is 11.5 Å². The molecule has 0 radical (unpaired) electrons. The average molecular weight is 293 g/mol. The molecular weight excluding hydrogens is 266 g/mol. The van der Waals surface area contributed by atoms with Crippen molar-refractivity contribution in [3.05, 3.63) is 18.0 Å². The fraction of sp³-hybridized carbons (Fsp3) is 0.688. The van der Waals surface area contributed by atoms with E-state index in [-0.39, 0.29) is 0 Å². The van der Waals surface area contributed by atoms with E-state index < -0.39 is 0 Å². The first-order chi connectivity index (χ1) is 10.3. The minimum Gasteiger partial charge on any atom is -0.493 e. The van der Waals surface area contributed by atoms with Gasteiger partial charge in [-0.1, -0.05) is 6.92 Å². The first kappa shape index (κ1) is 16.0. The van der Waals surface area contributed by atoms with Crippen molar-refractivity contribution >= 4 is 0 Å². The maximum atomic E-state index is 5.46. The number of pyridine rings is 1. The highest BCUT2D eigenvalue weighted by Gasteiger charge is 2.21. The lowest BCUT2D eigenvalue weighted by molar-refractivity contribution is 0.172. The number of methoxy groups -OCH3 is 2. The first-order valence-corrected chi connectivity index (χ1v) is 7.77. The summed E-state index contributed by atoms with van der Waals surface area (Å²) in [4.78, 5) is 6.91. The van der Waals surface area contributed by atoms with Crippen LogP contribution in [0.2, 0.25) is 0 Å². The summed E-state index contributed by atoms with van der Waals surface area (Å²) in [6.07, 6.45) is 4.28. The molecule has 0 unspecified atom stereocenters. The van der Waals surface area contributed by atoms with Crippen LogP contribution in [0, 0.1) is 5.92 Å². The molecule has 21 heavy (non-hydrogen) atoms. The average Bonchev–Trinajstić information content (AvgIpc) is 2.54. The number of hydrogen-bond acceptors (Lipinski definition) is 5. The molecule has 0 amide bonds. The van der Waals surface area contributed by atoms with Gasteiger partial charge in [0, 0.05) is 18.8 Å². The maximum Gasteiger partial charge on any atom is 0.183 e. The molecule has 0 atom stereocenters. The molecule has 0 aromatic carbocycles. The van der Waals surface area contributed by atoms with Gasteiger partial charge in [-0.15, -0.1) is 0 Å². The molecule has 1 aromatic heterocycles. The fourth-order valence-corrected chi connectivity index (χ4v) is 2.87. The lowest BCUT2D eigenvalue weighted by Crippen LogP contribution is -2.37. The molecule has 1 saturated heterocycles. The Bertz CT molecular complexity index is 432. The summed E-state index contributed by atoms with van der Waals surface area (Å²) in [7, 11) is 3.33. The third-order valence-electron chi connectivity index (χ3n) is 4.13. The predicted molar refractivity (Wildman–Crippen MR) is 83.9 cm³/mol. The van der Waals surface area contributed by atoms with Gasteiger partial charge in [0.2, 0.25) is 0 Å². The molecule has 5 nitrogen and oxygen atoms in total. The Labute approximate surface area is 127 Å².